The maximum atomic E-state index is 11.2. The lowest BCUT2D eigenvalue weighted by molar-refractivity contribution is -0.393. The number of rotatable bonds is 42. The Labute approximate surface area is 314 Å². The van der Waals surface area contributed by atoms with Crippen LogP contribution in [0.3, 0.4) is 0 Å². The number of anilines is 1. The van der Waals surface area contributed by atoms with Crippen LogP contribution in [0.4, 0.5) is 17.1 Å². The fourth-order valence-corrected chi connectivity index (χ4v) is 4.61. The average Bonchev–Trinajstić information content (AvgIpc) is 3.15. The van der Waals surface area contributed by atoms with Crippen molar-refractivity contribution in [1.29, 1.82) is 0 Å². The Balaban J connectivity index is 1.70. The van der Waals surface area contributed by atoms with Gasteiger partial charge in [-0.1, -0.05) is 51.9 Å². The van der Waals surface area contributed by atoms with Crippen LogP contribution < -0.4 is 5.32 Å². The molecule has 308 valence electrons. The van der Waals surface area contributed by atoms with Crippen molar-refractivity contribution in [3.63, 3.8) is 0 Å². The third kappa shape index (κ3) is 31.5. The third-order valence-corrected chi connectivity index (χ3v) is 7.44. The number of hydrogen-bond acceptors (Lipinski definition) is 15. The molecule has 53 heavy (non-hydrogen) atoms. The van der Waals surface area contributed by atoms with E-state index in [9.17, 15) is 20.2 Å². The van der Waals surface area contributed by atoms with Gasteiger partial charge in [0.2, 0.25) is 0 Å². The Kier molecular flexibility index (Phi) is 34.5. The molecule has 0 aliphatic rings. The Morgan fingerprint density at radius 2 is 0.792 bits per heavy atom. The van der Waals surface area contributed by atoms with Crippen molar-refractivity contribution in [2.24, 2.45) is 0 Å². The lowest BCUT2D eigenvalue weighted by Crippen LogP contribution is -2.16. The first kappa shape index (κ1) is 48.4. The minimum Gasteiger partial charge on any atom is -0.379 e. The number of unbranched alkanes of at least 4 members (excludes halogenated alkanes) is 7. The summed E-state index contributed by atoms with van der Waals surface area (Å²) >= 11 is 0. The smallest absolute Gasteiger partial charge is 0.299 e. The van der Waals surface area contributed by atoms with Gasteiger partial charge in [-0.05, 0) is 12.5 Å². The maximum absolute atomic E-state index is 11.2. The zero-order valence-corrected chi connectivity index (χ0v) is 31.8. The highest BCUT2D eigenvalue weighted by Gasteiger charge is 2.19. The quantitative estimate of drug-likeness (QED) is 0.0518. The lowest BCUT2D eigenvalue weighted by atomic mass is 10.1. The van der Waals surface area contributed by atoms with E-state index in [1.165, 1.54) is 57.1 Å². The first-order valence-corrected chi connectivity index (χ1v) is 19.0. The third-order valence-electron chi connectivity index (χ3n) is 7.44. The van der Waals surface area contributed by atoms with E-state index < -0.39 is 9.85 Å². The van der Waals surface area contributed by atoms with E-state index in [1.54, 1.807) is 0 Å². The monoisotopic (exact) mass is 763 g/mol. The number of nitro benzene ring substituents is 2. The van der Waals surface area contributed by atoms with Crippen LogP contribution in [-0.2, 0) is 47.4 Å². The summed E-state index contributed by atoms with van der Waals surface area (Å²) in [5, 5.41) is 24.8. The molecule has 0 aromatic heterocycles. The number of non-ortho nitro benzene ring substituents is 1. The molecule has 0 spiro atoms. The van der Waals surface area contributed by atoms with Crippen molar-refractivity contribution < 1.29 is 57.2 Å². The summed E-state index contributed by atoms with van der Waals surface area (Å²) in [6.45, 7) is 12.3. The molecule has 0 aliphatic heterocycles. The van der Waals surface area contributed by atoms with Gasteiger partial charge in [-0.3, -0.25) is 20.2 Å². The Morgan fingerprint density at radius 1 is 0.453 bits per heavy atom. The first-order chi connectivity index (χ1) is 26.1. The highest BCUT2D eigenvalue weighted by Crippen LogP contribution is 2.28. The van der Waals surface area contributed by atoms with Gasteiger partial charge in [-0.25, -0.2) is 0 Å². The van der Waals surface area contributed by atoms with E-state index in [0.29, 0.717) is 125 Å². The maximum Gasteiger partial charge on any atom is 0.299 e. The lowest BCUT2D eigenvalue weighted by Gasteiger charge is -2.09. The van der Waals surface area contributed by atoms with Crippen LogP contribution in [-0.4, -0.2) is 149 Å². The first-order valence-electron chi connectivity index (χ1n) is 19.0. The molecule has 0 saturated heterocycles. The van der Waals surface area contributed by atoms with Crippen LogP contribution in [0, 0.1) is 20.2 Å². The predicted octanol–water partition coefficient (Wildman–Crippen LogP) is 5.22. The molecule has 1 aromatic rings. The van der Waals surface area contributed by atoms with E-state index in [2.05, 4.69) is 12.2 Å². The Morgan fingerprint density at radius 3 is 1.15 bits per heavy atom. The van der Waals surface area contributed by atoms with Crippen molar-refractivity contribution in [2.45, 2.75) is 58.3 Å². The highest BCUT2D eigenvalue weighted by atomic mass is 16.6. The van der Waals surface area contributed by atoms with Crippen molar-refractivity contribution in [1.82, 2.24) is 0 Å². The molecule has 1 rings (SSSR count). The molecule has 0 unspecified atom stereocenters. The zero-order valence-electron chi connectivity index (χ0n) is 31.8. The standard InChI is InChI=1S/C36H65N3O14/c1-2-3-4-5-6-7-8-9-13-44-15-17-46-19-21-48-23-25-50-27-29-52-31-32-53-30-28-51-26-24-49-22-20-47-18-16-45-14-12-37-35-11-10-34(38(40)41)33-36(35)39(42)43/h10-11,33,37H,2-9,12-32H2,1H3. The number of ether oxygens (including phenoxy) is 10. The molecule has 1 N–H and O–H groups in total. The second-order valence-corrected chi connectivity index (χ2v) is 11.7. The number of benzene rings is 1. The molecule has 0 fully saturated rings. The molecule has 0 heterocycles. The van der Waals surface area contributed by atoms with E-state index in [4.69, 9.17) is 47.4 Å². The largest absolute Gasteiger partial charge is 0.379 e. The number of hydrogen-bond donors (Lipinski definition) is 1. The zero-order chi connectivity index (χ0) is 38.3. The van der Waals surface area contributed by atoms with Crippen LogP contribution in [0.15, 0.2) is 18.2 Å². The summed E-state index contributed by atoms with van der Waals surface area (Å²) in [6, 6.07) is 3.44. The van der Waals surface area contributed by atoms with Gasteiger partial charge in [0.1, 0.15) is 5.69 Å². The predicted molar refractivity (Wildman–Crippen MR) is 199 cm³/mol. The second-order valence-electron chi connectivity index (χ2n) is 11.7. The summed E-state index contributed by atoms with van der Waals surface area (Å²) in [5.41, 5.74) is -0.518. The summed E-state index contributed by atoms with van der Waals surface area (Å²) in [4.78, 5) is 20.6. The van der Waals surface area contributed by atoms with Gasteiger partial charge in [0.05, 0.1) is 141 Å². The van der Waals surface area contributed by atoms with Gasteiger partial charge in [0.15, 0.2) is 0 Å². The molecule has 0 bridgehead atoms. The van der Waals surface area contributed by atoms with Crippen molar-refractivity contribution >= 4 is 17.1 Å². The molecule has 0 aliphatic carbocycles. The van der Waals surface area contributed by atoms with Gasteiger partial charge >= 0.3 is 0 Å². The Hall–Kier alpha value is -2.58. The van der Waals surface area contributed by atoms with E-state index in [-0.39, 0.29) is 23.7 Å². The molecule has 0 saturated carbocycles. The minimum absolute atomic E-state index is 0.188. The van der Waals surface area contributed by atoms with Gasteiger partial charge in [-0.2, -0.15) is 0 Å². The molecule has 0 atom stereocenters. The molecule has 17 nitrogen and oxygen atoms in total. The summed E-state index contributed by atoms with van der Waals surface area (Å²) < 4.78 is 54.9. The van der Waals surface area contributed by atoms with E-state index in [1.807, 2.05) is 0 Å². The van der Waals surface area contributed by atoms with Crippen LogP contribution >= 0.6 is 0 Å². The van der Waals surface area contributed by atoms with Crippen LogP contribution in [0.2, 0.25) is 0 Å². The average molecular weight is 764 g/mol. The molecule has 17 heteroatoms. The molecular formula is C36H65N3O14. The molecule has 0 amide bonds. The fraction of sp³-hybridized carbons (Fsp3) is 0.833. The van der Waals surface area contributed by atoms with Gasteiger partial charge in [0.25, 0.3) is 11.4 Å². The number of nitrogens with zero attached hydrogens (tertiary/aromatic N) is 2. The van der Waals surface area contributed by atoms with Gasteiger partial charge < -0.3 is 52.7 Å². The van der Waals surface area contributed by atoms with Gasteiger partial charge in [0, 0.05) is 19.2 Å². The normalized spacial score (nSPS) is 11.3. The SMILES string of the molecule is CCCCCCCCCCOCCOCCOCCOCCOCCOCCOCCOCCOCCOCCNc1ccc([N+](=O)[O-])cc1[N+](=O)[O-]. The number of nitrogens with one attached hydrogen (secondary N) is 1. The van der Waals surface area contributed by atoms with Crippen molar-refractivity contribution in [3.05, 3.63) is 38.4 Å². The van der Waals surface area contributed by atoms with Crippen LogP contribution in [0.1, 0.15) is 58.3 Å². The summed E-state index contributed by atoms with van der Waals surface area (Å²) in [6.07, 6.45) is 10.4. The van der Waals surface area contributed by atoms with Crippen LogP contribution in [0.5, 0.6) is 0 Å². The highest BCUT2D eigenvalue weighted by molar-refractivity contribution is 5.65. The Bertz CT molecular complexity index is 995. The topological polar surface area (TPSA) is 191 Å². The molecule has 1 aromatic carbocycles. The van der Waals surface area contributed by atoms with E-state index >= 15 is 0 Å². The van der Waals surface area contributed by atoms with E-state index in [0.717, 1.165) is 19.1 Å². The molecular weight excluding hydrogens is 698 g/mol. The van der Waals surface area contributed by atoms with Crippen LogP contribution in [0.25, 0.3) is 0 Å². The number of nitro groups is 2. The van der Waals surface area contributed by atoms with Gasteiger partial charge in [-0.15, -0.1) is 0 Å². The fourth-order valence-electron chi connectivity index (χ4n) is 4.61. The summed E-state index contributed by atoms with van der Waals surface area (Å²) in [7, 11) is 0. The van der Waals surface area contributed by atoms with Crippen molar-refractivity contribution in [3.8, 4) is 0 Å². The second kappa shape index (κ2) is 37.7. The minimum atomic E-state index is -0.678. The molecule has 0 radical (unpaired) electrons. The van der Waals surface area contributed by atoms with Crippen molar-refractivity contribution in [2.75, 3.05) is 144 Å². The summed E-state index contributed by atoms with van der Waals surface area (Å²) in [5.74, 6) is 0.